The average molecular weight is 290 g/mol. The van der Waals surface area contributed by atoms with Crippen molar-refractivity contribution in [2.45, 2.75) is 13.5 Å². The fourth-order valence-electron chi connectivity index (χ4n) is 1.98. The van der Waals surface area contributed by atoms with Crippen LogP contribution in [0, 0.1) is 18.3 Å². The number of ether oxygens (including phenoxy) is 1. The number of nitriles is 1. The molecule has 108 valence electrons. The number of aromatic nitrogens is 1. The van der Waals surface area contributed by atoms with E-state index in [9.17, 15) is 0 Å². The standard InChI is InChI=1S/C18H14N2O2/c1-13-2-6-15(7-3-13)18-20-16(12-22-18)11-21-17-8-4-14(10-19)5-9-17/h2-9,12H,11H2,1H3. The molecule has 0 aliphatic carbocycles. The van der Waals surface area contributed by atoms with Crippen LogP contribution in [0.3, 0.4) is 0 Å². The van der Waals surface area contributed by atoms with Gasteiger partial charge in [-0.2, -0.15) is 5.26 Å². The van der Waals surface area contributed by atoms with Gasteiger partial charge in [-0.3, -0.25) is 0 Å². The monoisotopic (exact) mass is 290 g/mol. The lowest BCUT2D eigenvalue weighted by molar-refractivity contribution is 0.301. The number of hydrogen-bond donors (Lipinski definition) is 0. The molecule has 3 aromatic rings. The van der Waals surface area contributed by atoms with E-state index in [0.717, 1.165) is 11.3 Å². The minimum Gasteiger partial charge on any atom is -0.487 e. The van der Waals surface area contributed by atoms with Crippen molar-refractivity contribution in [2.75, 3.05) is 0 Å². The zero-order chi connectivity index (χ0) is 15.4. The molecule has 0 N–H and O–H groups in total. The molecule has 0 spiro atoms. The van der Waals surface area contributed by atoms with Crippen LogP contribution in [0.1, 0.15) is 16.8 Å². The molecule has 0 saturated carbocycles. The van der Waals surface area contributed by atoms with Crippen LogP contribution < -0.4 is 4.74 Å². The number of benzene rings is 2. The fourth-order valence-corrected chi connectivity index (χ4v) is 1.98. The Kier molecular flexibility index (Phi) is 3.88. The molecule has 0 saturated heterocycles. The predicted molar refractivity (Wildman–Crippen MR) is 82.2 cm³/mol. The van der Waals surface area contributed by atoms with E-state index in [0.29, 0.717) is 23.8 Å². The lowest BCUT2D eigenvalue weighted by atomic mass is 10.1. The second-order valence-corrected chi connectivity index (χ2v) is 4.93. The lowest BCUT2D eigenvalue weighted by Crippen LogP contribution is -1.95. The van der Waals surface area contributed by atoms with Crippen LogP contribution in [-0.4, -0.2) is 4.98 Å². The topological polar surface area (TPSA) is 59.0 Å². The molecule has 0 bridgehead atoms. The molecular weight excluding hydrogens is 276 g/mol. The van der Waals surface area contributed by atoms with E-state index in [1.165, 1.54) is 5.56 Å². The van der Waals surface area contributed by atoms with Crippen LogP contribution in [-0.2, 0) is 6.61 Å². The molecule has 0 fully saturated rings. The van der Waals surface area contributed by atoms with Gasteiger partial charge in [0, 0.05) is 5.56 Å². The summed E-state index contributed by atoms with van der Waals surface area (Å²) in [6.45, 7) is 2.36. The summed E-state index contributed by atoms with van der Waals surface area (Å²) in [7, 11) is 0. The maximum atomic E-state index is 8.75. The summed E-state index contributed by atoms with van der Waals surface area (Å²) >= 11 is 0. The first-order valence-electron chi connectivity index (χ1n) is 6.89. The zero-order valence-electron chi connectivity index (χ0n) is 12.1. The smallest absolute Gasteiger partial charge is 0.226 e. The van der Waals surface area contributed by atoms with Crippen molar-refractivity contribution in [1.29, 1.82) is 5.26 Å². The van der Waals surface area contributed by atoms with E-state index < -0.39 is 0 Å². The summed E-state index contributed by atoms with van der Waals surface area (Å²) in [4.78, 5) is 4.41. The number of oxazole rings is 1. The van der Waals surface area contributed by atoms with Crippen molar-refractivity contribution in [3.05, 3.63) is 71.6 Å². The highest BCUT2D eigenvalue weighted by Gasteiger charge is 2.07. The third kappa shape index (κ3) is 3.15. The van der Waals surface area contributed by atoms with Crippen molar-refractivity contribution in [2.24, 2.45) is 0 Å². The SMILES string of the molecule is Cc1ccc(-c2nc(COc3ccc(C#N)cc3)co2)cc1. The Hall–Kier alpha value is -3.06. The van der Waals surface area contributed by atoms with Crippen LogP contribution in [0.5, 0.6) is 5.75 Å². The van der Waals surface area contributed by atoms with Crippen LogP contribution in [0.4, 0.5) is 0 Å². The van der Waals surface area contributed by atoms with Gasteiger partial charge >= 0.3 is 0 Å². The summed E-state index contributed by atoms with van der Waals surface area (Å²) in [5.41, 5.74) is 3.46. The molecule has 1 aromatic heterocycles. The van der Waals surface area contributed by atoms with Gasteiger partial charge in [0.1, 0.15) is 24.3 Å². The Morgan fingerprint density at radius 1 is 1.09 bits per heavy atom. The summed E-state index contributed by atoms with van der Waals surface area (Å²) in [5, 5.41) is 8.75. The largest absolute Gasteiger partial charge is 0.487 e. The number of hydrogen-bond acceptors (Lipinski definition) is 4. The van der Waals surface area contributed by atoms with Gasteiger partial charge in [-0.25, -0.2) is 4.98 Å². The van der Waals surface area contributed by atoms with Gasteiger partial charge in [0.15, 0.2) is 0 Å². The Labute approximate surface area is 128 Å². The third-order valence-corrected chi connectivity index (χ3v) is 3.22. The maximum Gasteiger partial charge on any atom is 0.226 e. The van der Waals surface area contributed by atoms with Crippen molar-refractivity contribution in [1.82, 2.24) is 4.98 Å². The van der Waals surface area contributed by atoms with Crippen LogP contribution in [0.15, 0.2) is 59.2 Å². The Morgan fingerprint density at radius 3 is 2.50 bits per heavy atom. The molecule has 0 atom stereocenters. The predicted octanol–water partition coefficient (Wildman–Crippen LogP) is 4.10. The highest BCUT2D eigenvalue weighted by molar-refractivity contribution is 5.53. The van der Waals surface area contributed by atoms with E-state index in [1.807, 2.05) is 31.2 Å². The van der Waals surface area contributed by atoms with Gasteiger partial charge < -0.3 is 9.15 Å². The van der Waals surface area contributed by atoms with Crippen LogP contribution >= 0.6 is 0 Å². The molecule has 0 amide bonds. The van der Waals surface area contributed by atoms with Crippen LogP contribution in [0.2, 0.25) is 0 Å². The van der Waals surface area contributed by atoms with E-state index in [-0.39, 0.29) is 0 Å². The molecule has 0 aliphatic rings. The van der Waals surface area contributed by atoms with Gasteiger partial charge in [0.25, 0.3) is 0 Å². The van der Waals surface area contributed by atoms with Crippen molar-refractivity contribution in [3.8, 4) is 23.3 Å². The van der Waals surface area contributed by atoms with Crippen molar-refractivity contribution >= 4 is 0 Å². The molecule has 3 rings (SSSR count). The average Bonchev–Trinajstić information content (AvgIpc) is 3.03. The second kappa shape index (κ2) is 6.15. The Balaban J connectivity index is 1.66. The summed E-state index contributed by atoms with van der Waals surface area (Å²) in [5.74, 6) is 1.28. The number of rotatable bonds is 4. The molecule has 4 nitrogen and oxygen atoms in total. The fraction of sp³-hybridized carbons (Fsp3) is 0.111. The van der Waals surface area contributed by atoms with Gasteiger partial charge in [-0.1, -0.05) is 17.7 Å². The molecule has 22 heavy (non-hydrogen) atoms. The molecular formula is C18H14N2O2. The second-order valence-electron chi connectivity index (χ2n) is 4.93. The summed E-state index contributed by atoms with van der Waals surface area (Å²) in [6.07, 6.45) is 1.60. The lowest BCUT2D eigenvalue weighted by Gasteiger charge is -2.03. The van der Waals surface area contributed by atoms with E-state index >= 15 is 0 Å². The van der Waals surface area contributed by atoms with E-state index in [2.05, 4.69) is 11.1 Å². The first-order chi connectivity index (χ1) is 10.7. The molecule has 0 radical (unpaired) electrons. The Bertz CT molecular complexity index is 796. The number of nitrogens with zero attached hydrogens (tertiary/aromatic N) is 2. The van der Waals surface area contributed by atoms with E-state index in [4.69, 9.17) is 14.4 Å². The normalized spacial score (nSPS) is 10.2. The quantitative estimate of drug-likeness (QED) is 0.725. The van der Waals surface area contributed by atoms with Crippen LogP contribution in [0.25, 0.3) is 11.5 Å². The molecule has 0 aliphatic heterocycles. The zero-order valence-corrected chi connectivity index (χ0v) is 12.1. The first-order valence-corrected chi connectivity index (χ1v) is 6.89. The first kappa shape index (κ1) is 13.9. The molecule has 1 heterocycles. The minimum atomic E-state index is 0.321. The van der Waals surface area contributed by atoms with Crippen molar-refractivity contribution < 1.29 is 9.15 Å². The molecule has 2 aromatic carbocycles. The summed E-state index contributed by atoms with van der Waals surface area (Å²) in [6, 6.07) is 17.0. The third-order valence-electron chi connectivity index (χ3n) is 3.22. The highest BCUT2D eigenvalue weighted by atomic mass is 16.5. The molecule has 0 unspecified atom stereocenters. The Morgan fingerprint density at radius 2 is 1.82 bits per heavy atom. The van der Waals surface area contributed by atoms with Crippen molar-refractivity contribution in [3.63, 3.8) is 0 Å². The van der Waals surface area contributed by atoms with Gasteiger partial charge in [-0.15, -0.1) is 0 Å². The minimum absolute atomic E-state index is 0.321. The van der Waals surface area contributed by atoms with Gasteiger partial charge in [0.2, 0.25) is 5.89 Å². The van der Waals surface area contributed by atoms with Gasteiger partial charge in [0.05, 0.1) is 11.6 Å². The number of aryl methyl sites for hydroxylation is 1. The van der Waals surface area contributed by atoms with Gasteiger partial charge in [-0.05, 0) is 43.3 Å². The molecule has 4 heteroatoms. The van der Waals surface area contributed by atoms with E-state index in [1.54, 1.807) is 30.5 Å². The summed E-state index contributed by atoms with van der Waals surface area (Å²) < 4.78 is 11.1. The maximum absolute atomic E-state index is 8.75. The highest BCUT2D eigenvalue weighted by Crippen LogP contribution is 2.20.